The molecule has 3 nitrogen and oxygen atoms in total. The van der Waals surface area contributed by atoms with Crippen molar-refractivity contribution < 1.29 is 9.59 Å². The molecule has 68 valence electrons. The fraction of sp³-hybridized carbons (Fsp3) is 0.111. The monoisotopic (exact) mass is 241 g/mol. The van der Waals surface area contributed by atoms with Gasteiger partial charge < -0.3 is 4.90 Å². The van der Waals surface area contributed by atoms with Gasteiger partial charge in [0, 0.05) is 17.2 Å². The van der Waals surface area contributed by atoms with Gasteiger partial charge >= 0.3 is 0 Å². The largest absolute Gasteiger partial charge is 0.309 e. The van der Waals surface area contributed by atoms with E-state index in [1.807, 2.05) is 6.07 Å². The topological polar surface area (TPSA) is 37.4 Å². The number of rotatable bonds is 2. The summed E-state index contributed by atoms with van der Waals surface area (Å²) in [6.45, 7) is 0. The minimum Gasteiger partial charge on any atom is -0.309 e. The molecule has 0 aliphatic carbocycles. The van der Waals surface area contributed by atoms with E-state index >= 15 is 0 Å². The second kappa shape index (κ2) is 4.18. The van der Waals surface area contributed by atoms with Gasteiger partial charge in [0.05, 0.1) is 0 Å². The van der Waals surface area contributed by atoms with Gasteiger partial charge in [0.2, 0.25) is 6.29 Å². The van der Waals surface area contributed by atoms with Gasteiger partial charge in [-0.1, -0.05) is 22.0 Å². The highest BCUT2D eigenvalue weighted by molar-refractivity contribution is 9.10. The van der Waals surface area contributed by atoms with Crippen LogP contribution in [-0.2, 0) is 9.59 Å². The van der Waals surface area contributed by atoms with Crippen molar-refractivity contribution >= 4 is 33.8 Å². The van der Waals surface area contributed by atoms with Gasteiger partial charge in [-0.05, 0) is 18.2 Å². The van der Waals surface area contributed by atoms with Gasteiger partial charge in [0.15, 0.2) is 0 Å². The number of likely N-dealkylation sites (N-methyl/N-ethyl adjacent to an activating group) is 1. The number of hydrogen-bond acceptors (Lipinski definition) is 2. The summed E-state index contributed by atoms with van der Waals surface area (Å²) in [5.74, 6) is -0.557. The Kier molecular flexibility index (Phi) is 3.19. The van der Waals surface area contributed by atoms with Crippen LogP contribution in [0.3, 0.4) is 0 Å². The zero-order valence-electron chi connectivity index (χ0n) is 7.03. The molecule has 1 rings (SSSR count). The number of carbonyl (C=O) groups is 2. The van der Waals surface area contributed by atoms with Crippen LogP contribution in [0.15, 0.2) is 28.7 Å². The lowest BCUT2D eigenvalue weighted by Gasteiger charge is -2.13. The van der Waals surface area contributed by atoms with Crippen molar-refractivity contribution in [3.05, 3.63) is 28.7 Å². The smallest absolute Gasteiger partial charge is 0.290 e. The van der Waals surface area contributed by atoms with E-state index in [-0.39, 0.29) is 0 Å². The van der Waals surface area contributed by atoms with Gasteiger partial charge in [0.25, 0.3) is 5.91 Å². The molecule has 4 heteroatoms. The quantitative estimate of drug-likeness (QED) is 0.583. The molecule has 1 amide bonds. The maximum absolute atomic E-state index is 11.0. The molecule has 1 aromatic rings. The van der Waals surface area contributed by atoms with Crippen LogP contribution in [0.4, 0.5) is 5.69 Å². The molecule has 0 atom stereocenters. The van der Waals surface area contributed by atoms with Crippen LogP contribution in [-0.4, -0.2) is 19.2 Å². The molecule has 0 radical (unpaired) electrons. The SMILES string of the molecule is CN(C(=O)C=O)c1cccc(Br)c1. The molecule has 0 aliphatic heterocycles. The first-order valence-corrected chi connectivity index (χ1v) is 4.43. The second-order valence-corrected chi connectivity index (χ2v) is 3.41. The Morgan fingerprint density at radius 1 is 1.54 bits per heavy atom. The average molecular weight is 242 g/mol. The van der Waals surface area contributed by atoms with E-state index in [9.17, 15) is 9.59 Å². The molecular formula is C9H8BrNO2. The fourth-order valence-electron chi connectivity index (χ4n) is 0.891. The van der Waals surface area contributed by atoms with Crippen molar-refractivity contribution in [3.63, 3.8) is 0 Å². The third-order valence-corrected chi connectivity index (χ3v) is 2.12. The number of hydrogen-bond donors (Lipinski definition) is 0. The first-order chi connectivity index (χ1) is 6.15. The zero-order chi connectivity index (χ0) is 9.84. The van der Waals surface area contributed by atoms with Gasteiger partial charge in [-0.15, -0.1) is 0 Å². The Hall–Kier alpha value is -1.16. The van der Waals surface area contributed by atoms with E-state index in [1.54, 1.807) is 25.2 Å². The molecule has 0 saturated carbocycles. The first kappa shape index (κ1) is 9.92. The van der Waals surface area contributed by atoms with Crippen molar-refractivity contribution in [3.8, 4) is 0 Å². The summed E-state index contributed by atoms with van der Waals surface area (Å²) < 4.78 is 0.871. The molecule has 0 N–H and O–H groups in total. The number of nitrogens with zero attached hydrogens (tertiary/aromatic N) is 1. The summed E-state index contributed by atoms with van der Waals surface area (Å²) in [5, 5.41) is 0. The van der Waals surface area contributed by atoms with E-state index in [2.05, 4.69) is 15.9 Å². The molecule has 0 spiro atoms. The van der Waals surface area contributed by atoms with Crippen molar-refractivity contribution in [2.45, 2.75) is 0 Å². The molecule has 0 aromatic heterocycles. The molecule has 0 heterocycles. The molecule has 0 fully saturated rings. The number of halogens is 1. The van der Waals surface area contributed by atoms with Crippen LogP contribution in [0.1, 0.15) is 0 Å². The predicted molar refractivity (Wildman–Crippen MR) is 53.6 cm³/mol. The molecule has 1 aromatic carbocycles. The zero-order valence-corrected chi connectivity index (χ0v) is 8.61. The maximum Gasteiger partial charge on any atom is 0.290 e. The number of amides is 1. The number of anilines is 1. The fourth-order valence-corrected chi connectivity index (χ4v) is 1.28. The summed E-state index contributed by atoms with van der Waals surface area (Å²) in [7, 11) is 1.55. The van der Waals surface area contributed by atoms with E-state index in [4.69, 9.17) is 0 Å². The Labute approximate surface area is 84.5 Å². The third-order valence-electron chi connectivity index (χ3n) is 1.63. The van der Waals surface area contributed by atoms with Crippen molar-refractivity contribution in [2.24, 2.45) is 0 Å². The summed E-state index contributed by atoms with van der Waals surface area (Å²) in [6, 6.07) is 7.17. The van der Waals surface area contributed by atoms with E-state index in [0.29, 0.717) is 12.0 Å². The number of benzene rings is 1. The minimum atomic E-state index is -0.557. The summed E-state index contributed by atoms with van der Waals surface area (Å²) in [4.78, 5) is 22.5. The Morgan fingerprint density at radius 2 is 2.23 bits per heavy atom. The van der Waals surface area contributed by atoms with Crippen molar-refractivity contribution in [1.82, 2.24) is 0 Å². The van der Waals surface area contributed by atoms with Crippen LogP contribution < -0.4 is 4.90 Å². The highest BCUT2D eigenvalue weighted by Crippen LogP contribution is 2.18. The van der Waals surface area contributed by atoms with Crippen LogP contribution >= 0.6 is 15.9 Å². The Balaban J connectivity index is 2.94. The lowest BCUT2D eigenvalue weighted by Crippen LogP contribution is -2.26. The molecule has 0 aliphatic rings. The van der Waals surface area contributed by atoms with Gasteiger partial charge in [-0.3, -0.25) is 9.59 Å². The molecule has 0 saturated heterocycles. The number of aldehydes is 1. The maximum atomic E-state index is 11.0. The summed E-state index contributed by atoms with van der Waals surface area (Å²) >= 11 is 3.28. The molecular weight excluding hydrogens is 234 g/mol. The second-order valence-electron chi connectivity index (χ2n) is 2.49. The van der Waals surface area contributed by atoms with Gasteiger partial charge in [-0.2, -0.15) is 0 Å². The molecule has 13 heavy (non-hydrogen) atoms. The highest BCUT2D eigenvalue weighted by Gasteiger charge is 2.08. The molecule has 0 unspecified atom stereocenters. The standard InChI is InChI=1S/C9H8BrNO2/c1-11(9(13)6-12)8-4-2-3-7(10)5-8/h2-6H,1H3. The van der Waals surface area contributed by atoms with Crippen LogP contribution in [0.25, 0.3) is 0 Å². The van der Waals surface area contributed by atoms with Crippen LogP contribution in [0, 0.1) is 0 Å². The third kappa shape index (κ3) is 2.39. The van der Waals surface area contributed by atoms with E-state index < -0.39 is 5.91 Å². The van der Waals surface area contributed by atoms with Gasteiger partial charge in [0.1, 0.15) is 0 Å². The highest BCUT2D eigenvalue weighted by atomic mass is 79.9. The first-order valence-electron chi connectivity index (χ1n) is 3.63. The lowest BCUT2D eigenvalue weighted by atomic mass is 10.3. The average Bonchev–Trinajstić information content (AvgIpc) is 2.15. The summed E-state index contributed by atoms with van der Waals surface area (Å²) in [5.41, 5.74) is 0.687. The predicted octanol–water partition coefficient (Wildman–Crippen LogP) is 1.61. The van der Waals surface area contributed by atoms with Crippen molar-refractivity contribution in [2.75, 3.05) is 11.9 Å². The minimum absolute atomic E-state index is 0.293. The van der Waals surface area contributed by atoms with E-state index in [1.165, 1.54) is 4.90 Å². The molecule has 0 bridgehead atoms. The van der Waals surface area contributed by atoms with Gasteiger partial charge in [-0.25, -0.2) is 0 Å². The van der Waals surface area contributed by atoms with Crippen molar-refractivity contribution in [1.29, 1.82) is 0 Å². The Bertz CT molecular complexity index is 338. The summed E-state index contributed by atoms with van der Waals surface area (Å²) in [6.07, 6.45) is 0.293. The Morgan fingerprint density at radius 3 is 2.77 bits per heavy atom. The van der Waals surface area contributed by atoms with Crippen LogP contribution in [0.5, 0.6) is 0 Å². The lowest BCUT2D eigenvalue weighted by molar-refractivity contribution is -0.129. The van der Waals surface area contributed by atoms with Crippen LogP contribution in [0.2, 0.25) is 0 Å². The number of carbonyl (C=O) groups excluding carboxylic acids is 2. The normalized spacial score (nSPS) is 9.38. The van der Waals surface area contributed by atoms with E-state index in [0.717, 1.165) is 4.47 Å².